The molecule has 0 aliphatic heterocycles. The first-order chi connectivity index (χ1) is 35.7. The van der Waals surface area contributed by atoms with Gasteiger partial charge in [0.25, 0.3) is 0 Å². The molecule has 1 heterocycles. The number of hydrogen-bond donors (Lipinski definition) is 0. The molecule has 1 heteroatoms. The van der Waals surface area contributed by atoms with E-state index in [9.17, 15) is 0 Å². The highest BCUT2D eigenvalue weighted by molar-refractivity contribution is 6.46. The van der Waals surface area contributed by atoms with Crippen molar-refractivity contribution in [3.8, 4) is 55.9 Å². The van der Waals surface area contributed by atoms with Gasteiger partial charge in [0, 0.05) is 11.1 Å². The average Bonchev–Trinajstić information content (AvgIpc) is 3.95. The molecule has 0 saturated heterocycles. The molecular weight excluding hydrogens is 867 g/mol. The molecule has 0 atom stereocenters. The van der Waals surface area contributed by atoms with Gasteiger partial charge in [0.15, 0.2) is 0 Å². The van der Waals surface area contributed by atoms with Crippen LogP contribution in [0.25, 0.3) is 164 Å². The summed E-state index contributed by atoms with van der Waals surface area (Å²) >= 11 is 0. The van der Waals surface area contributed by atoms with Crippen LogP contribution in [-0.2, 0) is 0 Å². The Balaban J connectivity index is 1.07. The lowest BCUT2D eigenvalue weighted by Gasteiger charge is -2.19. The van der Waals surface area contributed by atoms with Gasteiger partial charge >= 0.3 is 0 Å². The van der Waals surface area contributed by atoms with Gasteiger partial charge < -0.3 is 0 Å². The first-order valence-corrected chi connectivity index (χ1v) is 25.0. The zero-order valence-electron chi connectivity index (χ0n) is 39.1. The lowest BCUT2D eigenvalue weighted by Crippen LogP contribution is -1.92. The van der Waals surface area contributed by atoms with Crippen LogP contribution in [0.2, 0.25) is 0 Å². The number of fused-ring (bicyclic) bond motifs is 12. The smallest absolute Gasteiger partial charge is 0.0715 e. The lowest BCUT2D eigenvalue weighted by atomic mass is 9.83. The molecule has 1 aromatic heterocycles. The van der Waals surface area contributed by atoms with Gasteiger partial charge in [-0.2, -0.15) is 0 Å². The molecule has 0 radical (unpaired) electrons. The Morgan fingerprint density at radius 2 is 0.653 bits per heavy atom. The molecule has 72 heavy (non-hydrogen) atoms. The molecule has 0 unspecified atom stereocenters. The van der Waals surface area contributed by atoms with Crippen LogP contribution < -0.4 is 0 Å². The van der Waals surface area contributed by atoms with E-state index in [1.165, 1.54) is 136 Å². The normalized spacial score (nSPS) is 12.2. The van der Waals surface area contributed by atoms with Crippen molar-refractivity contribution in [3.05, 3.63) is 249 Å². The maximum atomic E-state index is 5.23. The van der Waals surface area contributed by atoms with Crippen LogP contribution in [0.4, 0.5) is 0 Å². The summed E-state index contributed by atoms with van der Waals surface area (Å²) in [5.74, 6) is 0. The third-order valence-corrected chi connectivity index (χ3v) is 15.8. The van der Waals surface area contributed by atoms with E-state index < -0.39 is 0 Å². The van der Waals surface area contributed by atoms with Crippen molar-refractivity contribution in [1.29, 1.82) is 0 Å². The van der Waals surface area contributed by atoms with Gasteiger partial charge in [0.05, 0.1) is 11.4 Å². The number of aromatic nitrogens is 1. The quantitative estimate of drug-likeness (QED) is 0.157. The number of pyridine rings is 1. The molecular formula is C71H41N. The van der Waals surface area contributed by atoms with Crippen LogP contribution >= 0.6 is 0 Å². The van der Waals surface area contributed by atoms with Crippen molar-refractivity contribution < 1.29 is 0 Å². The summed E-state index contributed by atoms with van der Waals surface area (Å²) in [7, 11) is 0. The summed E-state index contributed by atoms with van der Waals surface area (Å²) in [6.07, 6.45) is 0. The third-order valence-electron chi connectivity index (χ3n) is 15.8. The van der Waals surface area contributed by atoms with Gasteiger partial charge in [-0.15, -0.1) is 0 Å². The van der Waals surface area contributed by atoms with Crippen LogP contribution in [0.15, 0.2) is 249 Å². The van der Waals surface area contributed by atoms with Crippen LogP contribution in [0.5, 0.6) is 0 Å². The van der Waals surface area contributed by atoms with Gasteiger partial charge in [-0.1, -0.05) is 206 Å². The van der Waals surface area contributed by atoms with E-state index in [1.54, 1.807) is 0 Å². The standard InChI is InChI=1S/C71H41N/c1-3-17-44(18-4-1)63-39-52(40-64(72-63)45-19-5-2-6-20-45)48-31-32-49-38-61-68-56(59(49)37-48)26-14-28-58(68)70-65(50-33-29-42-15-7-9-21-46(42)35-50)62-41-60-54-24-12-11-23-53(54)55-25-13-27-57(67(55)60)69(62)66(71(61)70)51-34-30-43-16-8-10-22-47(43)36-51/h1-41H. The Labute approximate surface area is 415 Å². The van der Waals surface area contributed by atoms with Gasteiger partial charge in [0.2, 0.25) is 0 Å². The Hall–Kier alpha value is -9.43. The summed E-state index contributed by atoms with van der Waals surface area (Å²) in [4.78, 5) is 5.23. The maximum Gasteiger partial charge on any atom is 0.0715 e. The molecule has 0 bridgehead atoms. The van der Waals surface area contributed by atoms with Gasteiger partial charge in [0.1, 0.15) is 0 Å². The van der Waals surface area contributed by atoms with Crippen LogP contribution in [-0.4, -0.2) is 4.98 Å². The minimum Gasteiger partial charge on any atom is -0.248 e. The summed E-state index contributed by atoms with van der Waals surface area (Å²) in [5, 5.41) is 25.6. The van der Waals surface area contributed by atoms with Crippen molar-refractivity contribution in [2.75, 3.05) is 0 Å². The van der Waals surface area contributed by atoms with E-state index in [0.29, 0.717) is 0 Å². The minimum atomic E-state index is 0.961. The number of nitrogens with zero attached hydrogens (tertiary/aromatic N) is 1. The lowest BCUT2D eigenvalue weighted by molar-refractivity contribution is 1.32. The Morgan fingerprint density at radius 1 is 0.181 bits per heavy atom. The van der Waals surface area contributed by atoms with E-state index in [4.69, 9.17) is 4.98 Å². The highest BCUT2D eigenvalue weighted by atomic mass is 14.7. The fraction of sp³-hybridized carbons (Fsp3) is 0. The van der Waals surface area contributed by atoms with E-state index in [2.05, 4.69) is 249 Å². The topological polar surface area (TPSA) is 12.9 Å². The molecule has 0 aliphatic rings. The van der Waals surface area contributed by atoms with E-state index in [1.807, 2.05) is 0 Å². The fourth-order valence-electron chi connectivity index (χ4n) is 12.7. The van der Waals surface area contributed by atoms with Gasteiger partial charge in [-0.25, -0.2) is 4.98 Å². The molecule has 0 aliphatic carbocycles. The van der Waals surface area contributed by atoms with Gasteiger partial charge in [-0.3, -0.25) is 0 Å². The monoisotopic (exact) mass is 907 g/mol. The first-order valence-electron chi connectivity index (χ1n) is 25.0. The van der Waals surface area contributed by atoms with Crippen LogP contribution in [0, 0.1) is 0 Å². The van der Waals surface area contributed by atoms with Crippen molar-refractivity contribution in [1.82, 2.24) is 4.98 Å². The van der Waals surface area contributed by atoms with E-state index >= 15 is 0 Å². The predicted molar refractivity (Wildman–Crippen MR) is 309 cm³/mol. The molecule has 15 aromatic carbocycles. The predicted octanol–water partition coefficient (Wildman–Crippen LogP) is 19.8. The molecule has 0 spiro atoms. The molecule has 16 aromatic rings. The largest absolute Gasteiger partial charge is 0.248 e. The van der Waals surface area contributed by atoms with Crippen molar-refractivity contribution in [2.45, 2.75) is 0 Å². The maximum absolute atomic E-state index is 5.23. The third kappa shape index (κ3) is 5.68. The molecule has 1 nitrogen and oxygen atoms in total. The second-order valence-electron chi connectivity index (χ2n) is 19.7. The van der Waals surface area contributed by atoms with Crippen molar-refractivity contribution in [3.63, 3.8) is 0 Å². The summed E-state index contributed by atoms with van der Waals surface area (Å²) in [6, 6.07) is 92.7. The number of benzene rings is 13. The molecule has 0 saturated carbocycles. The average molecular weight is 908 g/mol. The van der Waals surface area contributed by atoms with E-state index in [-0.39, 0.29) is 0 Å². The Morgan fingerprint density at radius 3 is 1.31 bits per heavy atom. The highest BCUT2D eigenvalue weighted by Gasteiger charge is 2.27. The number of rotatable bonds is 5. The summed E-state index contributed by atoms with van der Waals surface area (Å²) in [6.45, 7) is 0. The Bertz CT molecular complexity index is 4840. The Kier molecular flexibility index (Phi) is 8.23. The van der Waals surface area contributed by atoms with Crippen molar-refractivity contribution in [2.24, 2.45) is 0 Å². The first kappa shape index (κ1) is 39.4. The van der Waals surface area contributed by atoms with Crippen molar-refractivity contribution >= 4 is 108 Å². The molecule has 0 N–H and O–H groups in total. The number of hydrogen-bond acceptors (Lipinski definition) is 1. The molecule has 330 valence electrons. The zero-order chi connectivity index (χ0) is 47.0. The second kappa shape index (κ2) is 15.0. The van der Waals surface area contributed by atoms with E-state index in [0.717, 1.165) is 28.1 Å². The minimum absolute atomic E-state index is 0.961. The second-order valence-corrected chi connectivity index (χ2v) is 19.7. The molecule has 0 fully saturated rings. The van der Waals surface area contributed by atoms with Crippen LogP contribution in [0.3, 0.4) is 0 Å². The van der Waals surface area contributed by atoms with Crippen LogP contribution in [0.1, 0.15) is 0 Å². The summed E-state index contributed by atoms with van der Waals surface area (Å²) < 4.78 is 0. The molecule has 16 rings (SSSR count). The highest BCUT2D eigenvalue weighted by Crippen LogP contribution is 2.56. The SMILES string of the molecule is c1ccc(-c2cc(-c3ccc4cc5c6c(-c7ccc8ccccc8c7)c7c(cc8c9ccccc9c9cccc7c98)c(-c7ccc8ccccc8c7)c6c6cccc(c4c3)c65)cc(-c3ccccc3)n2)cc1. The van der Waals surface area contributed by atoms with Gasteiger partial charge in [-0.05, 0) is 184 Å². The summed E-state index contributed by atoms with van der Waals surface area (Å²) in [5.41, 5.74) is 11.5. The fourth-order valence-corrected chi connectivity index (χ4v) is 12.7. The molecule has 0 amide bonds. The zero-order valence-corrected chi connectivity index (χ0v) is 39.1.